The lowest BCUT2D eigenvalue weighted by Gasteiger charge is -2.06. The highest BCUT2D eigenvalue weighted by Gasteiger charge is 2.15. The Morgan fingerprint density at radius 3 is 2.68 bits per heavy atom. The summed E-state index contributed by atoms with van der Waals surface area (Å²) in [7, 11) is 0. The van der Waals surface area contributed by atoms with E-state index >= 15 is 0 Å². The van der Waals surface area contributed by atoms with Gasteiger partial charge in [-0.2, -0.15) is 5.10 Å². The van der Waals surface area contributed by atoms with E-state index in [9.17, 15) is 4.79 Å². The van der Waals surface area contributed by atoms with E-state index in [0.717, 1.165) is 18.5 Å². The van der Waals surface area contributed by atoms with Gasteiger partial charge in [-0.3, -0.25) is 14.5 Å². The van der Waals surface area contributed by atoms with Crippen LogP contribution in [0.5, 0.6) is 0 Å². The third kappa shape index (κ3) is 4.16. The maximum atomic E-state index is 12.3. The van der Waals surface area contributed by atoms with Crippen LogP contribution >= 0.6 is 0 Å². The van der Waals surface area contributed by atoms with E-state index in [1.54, 1.807) is 17.1 Å². The summed E-state index contributed by atoms with van der Waals surface area (Å²) in [5, 5.41) is 7.45. The summed E-state index contributed by atoms with van der Waals surface area (Å²) in [6.45, 7) is 7.52. The number of aromatic nitrogens is 3. The zero-order chi connectivity index (χ0) is 15.9. The van der Waals surface area contributed by atoms with Crippen molar-refractivity contribution in [1.29, 1.82) is 0 Å². The van der Waals surface area contributed by atoms with E-state index in [1.165, 1.54) is 5.56 Å². The molecule has 0 fully saturated rings. The predicted octanol–water partition coefficient (Wildman–Crippen LogP) is 2.78. The maximum Gasteiger partial charge on any atom is 0.269 e. The number of pyridine rings is 1. The second kappa shape index (κ2) is 7.73. The number of hydrogen-bond acceptors (Lipinski definition) is 3. The molecule has 0 radical (unpaired) electrons. The minimum absolute atomic E-state index is 0.0454. The number of aryl methyl sites for hydroxylation is 2. The quantitative estimate of drug-likeness (QED) is 0.800. The first-order valence-corrected chi connectivity index (χ1v) is 7.86. The van der Waals surface area contributed by atoms with Gasteiger partial charge in [-0.15, -0.1) is 0 Å². The molecule has 1 N–H and O–H groups in total. The molecule has 2 aromatic heterocycles. The molecular weight excluding hydrogens is 276 g/mol. The van der Waals surface area contributed by atoms with Crippen molar-refractivity contribution >= 4 is 5.91 Å². The molecule has 0 atom stereocenters. The molecule has 5 heteroatoms. The minimum Gasteiger partial charge on any atom is -0.351 e. The molecule has 0 aromatic carbocycles. The molecule has 0 saturated carbocycles. The van der Waals surface area contributed by atoms with Gasteiger partial charge < -0.3 is 5.32 Å². The highest BCUT2D eigenvalue weighted by atomic mass is 16.2. The SMILES string of the molecule is CCn1nc(C(C)C)cc1C(=O)NCCCc1ccncc1. The highest BCUT2D eigenvalue weighted by Crippen LogP contribution is 2.14. The van der Waals surface area contributed by atoms with Crippen molar-refractivity contribution in [3.8, 4) is 0 Å². The largest absolute Gasteiger partial charge is 0.351 e. The molecular formula is C17H24N4O. The monoisotopic (exact) mass is 300 g/mol. The van der Waals surface area contributed by atoms with Gasteiger partial charge in [0.25, 0.3) is 5.91 Å². The predicted molar refractivity (Wildman–Crippen MR) is 86.9 cm³/mol. The molecule has 0 bridgehead atoms. The number of amides is 1. The molecule has 1 amide bonds. The van der Waals surface area contributed by atoms with Gasteiger partial charge in [-0.05, 0) is 49.4 Å². The Morgan fingerprint density at radius 2 is 2.05 bits per heavy atom. The van der Waals surface area contributed by atoms with Gasteiger partial charge in [-0.25, -0.2) is 0 Å². The van der Waals surface area contributed by atoms with Crippen LogP contribution < -0.4 is 5.32 Å². The molecule has 2 heterocycles. The van der Waals surface area contributed by atoms with Gasteiger partial charge in [0.15, 0.2) is 0 Å². The number of nitrogens with one attached hydrogen (secondary N) is 1. The number of nitrogens with zero attached hydrogens (tertiary/aromatic N) is 3. The van der Waals surface area contributed by atoms with Gasteiger partial charge in [-0.1, -0.05) is 13.8 Å². The second-order valence-electron chi connectivity index (χ2n) is 5.64. The van der Waals surface area contributed by atoms with Crippen LogP contribution in [0.25, 0.3) is 0 Å². The van der Waals surface area contributed by atoms with Gasteiger partial charge in [0, 0.05) is 25.5 Å². The topological polar surface area (TPSA) is 59.8 Å². The molecule has 0 unspecified atom stereocenters. The van der Waals surface area contributed by atoms with E-state index in [-0.39, 0.29) is 5.91 Å². The molecule has 2 rings (SSSR count). The molecule has 0 aliphatic rings. The lowest BCUT2D eigenvalue weighted by Crippen LogP contribution is -2.27. The van der Waals surface area contributed by atoms with Crippen molar-refractivity contribution in [3.05, 3.63) is 47.5 Å². The Balaban J connectivity index is 1.87. The lowest BCUT2D eigenvalue weighted by molar-refractivity contribution is 0.0942. The third-order valence-electron chi connectivity index (χ3n) is 3.60. The van der Waals surface area contributed by atoms with Crippen LogP contribution in [0.1, 0.15) is 54.9 Å². The average molecular weight is 300 g/mol. The van der Waals surface area contributed by atoms with E-state index < -0.39 is 0 Å². The first kappa shape index (κ1) is 16.2. The normalized spacial score (nSPS) is 10.9. The smallest absolute Gasteiger partial charge is 0.269 e. The molecule has 2 aromatic rings. The molecule has 5 nitrogen and oxygen atoms in total. The Labute approximate surface area is 131 Å². The van der Waals surface area contributed by atoms with E-state index in [1.807, 2.05) is 25.1 Å². The van der Waals surface area contributed by atoms with Crippen LogP contribution in [0.15, 0.2) is 30.6 Å². The van der Waals surface area contributed by atoms with Crippen molar-refractivity contribution in [2.45, 2.75) is 46.1 Å². The molecule has 0 aliphatic heterocycles. The van der Waals surface area contributed by atoms with Crippen LogP contribution in [0, 0.1) is 0 Å². The summed E-state index contributed by atoms with van der Waals surface area (Å²) in [5.41, 5.74) is 2.85. The van der Waals surface area contributed by atoms with Gasteiger partial charge in [0.1, 0.15) is 5.69 Å². The fraction of sp³-hybridized carbons (Fsp3) is 0.471. The molecule has 22 heavy (non-hydrogen) atoms. The average Bonchev–Trinajstić information content (AvgIpc) is 2.97. The molecule has 0 spiro atoms. The van der Waals surface area contributed by atoms with Crippen molar-refractivity contribution in [3.63, 3.8) is 0 Å². The summed E-state index contributed by atoms with van der Waals surface area (Å²) in [6.07, 6.45) is 5.43. The van der Waals surface area contributed by atoms with Gasteiger partial charge >= 0.3 is 0 Å². The number of rotatable bonds is 7. The van der Waals surface area contributed by atoms with Crippen molar-refractivity contribution in [1.82, 2.24) is 20.1 Å². The third-order valence-corrected chi connectivity index (χ3v) is 3.60. The first-order chi connectivity index (χ1) is 10.6. The van der Waals surface area contributed by atoms with Crippen molar-refractivity contribution in [2.75, 3.05) is 6.54 Å². The lowest BCUT2D eigenvalue weighted by atomic mass is 10.1. The summed E-state index contributed by atoms with van der Waals surface area (Å²) in [4.78, 5) is 16.3. The van der Waals surface area contributed by atoms with Crippen LogP contribution in [-0.2, 0) is 13.0 Å². The summed E-state index contributed by atoms with van der Waals surface area (Å²) < 4.78 is 1.77. The fourth-order valence-corrected chi connectivity index (χ4v) is 2.28. The summed E-state index contributed by atoms with van der Waals surface area (Å²) >= 11 is 0. The first-order valence-electron chi connectivity index (χ1n) is 7.86. The van der Waals surface area contributed by atoms with Gasteiger partial charge in [0.05, 0.1) is 5.69 Å². The van der Waals surface area contributed by atoms with Gasteiger partial charge in [0.2, 0.25) is 0 Å². The van der Waals surface area contributed by atoms with E-state index in [4.69, 9.17) is 0 Å². The maximum absolute atomic E-state index is 12.3. The Bertz CT molecular complexity index is 604. The minimum atomic E-state index is -0.0454. The van der Waals surface area contributed by atoms with E-state index in [0.29, 0.717) is 24.7 Å². The Morgan fingerprint density at radius 1 is 1.32 bits per heavy atom. The molecule has 118 valence electrons. The van der Waals surface area contributed by atoms with Crippen molar-refractivity contribution < 1.29 is 4.79 Å². The zero-order valence-corrected chi connectivity index (χ0v) is 13.5. The highest BCUT2D eigenvalue weighted by molar-refractivity contribution is 5.92. The number of carbonyl (C=O) groups is 1. The van der Waals surface area contributed by atoms with Crippen LogP contribution in [0.4, 0.5) is 0 Å². The Kier molecular flexibility index (Phi) is 5.69. The molecule has 0 saturated heterocycles. The van der Waals surface area contributed by atoms with E-state index in [2.05, 4.69) is 29.2 Å². The van der Waals surface area contributed by atoms with Crippen LogP contribution in [0.2, 0.25) is 0 Å². The fourth-order valence-electron chi connectivity index (χ4n) is 2.28. The zero-order valence-electron chi connectivity index (χ0n) is 13.5. The number of hydrogen-bond donors (Lipinski definition) is 1. The van der Waals surface area contributed by atoms with Crippen LogP contribution in [-0.4, -0.2) is 27.2 Å². The van der Waals surface area contributed by atoms with Crippen molar-refractivity contribution in [2.24, 2.45) is 0 Å². The Hall–Kier alpha value is -2.17. The van der Waals surface area contributed by atoms with Crippen LogP contribution in [0.3, 0.4) is 0 Å². The summed E-state index contributed by atoms with van der Waals surface area (Å²) in [6, 6.07) is 5.90. The molecule has 0 aliphatic carbocycles. The summed E-state index contributed by atoms with van der Waals surface area (Å²) in [5.74, 6) is 0.280. The standard InChI is InChI=1S/C17H24N4O/c1-4-21-16(12-15(20-21)13(2)3)17(22)19-9-5-6-14-7-10-18-11-8-14/h7-8,10-13H,4-6,9H2,1-3H3,(H,19,22). The second-order valence-corrected chi connectivity index (χ2v) is 5.64. The number of carbonyl (C=O) groups excluding carboxylic acids is 1.